The van der Waals surface area contributed by atoms with Crippen LogP contribution in [-0.2, 0) is 20.7 Å². The zero-order chi connectivity index (χ0) is 17.6. The van der Waals surface area contributed by atoms with E-state index in [4.69, 9.17) is 27.9 Å². The monoisotopic (exact) mass is 360 g/mol. The molecule has 0 aliphatic heterocycles. The fourth-order valence-electron chi connectivity index (χ4n) is 2.15. The normalized spacial score (nSPS) is 12.7. The molecule has 128 valence electrons. The average Bonchev–Trinajstić information content (AvgIpc) is 2.37. The van der Waals surface area contributed by atoms with Crippen LogP contribution in [0.1, 0.15) is 45.6 Å². The van der Waals surface area contributed by atoms with Crippen LogP contribution < -0.4 is 0 Å². The van der Waals surface area contributed by atoms with E-state index in [1.165, 1.54) is 0 Å². The van der Waals surface area contributed by atoms with Gasteiger partial charge < -0.3 is 9.84 Å². The van der Waals surface area contributed by atoms with E-state index in [1.807, 2.05) is 0 Å². The van der Waals surface area contributed by atoms with Crippen molar-refractivity contribution in [3.05, 3.63) is 33.8 Å². The number of hydrogen-bond acceptors (Lipinski definition) is 3. The molecule has 4 nitrogen and oxygen atoms in total. The van der Waals surface area contributed by atoms with Gasteiger partial charge in [-0.3, -0.25) is 9.59 Å². The minimum Gasteiger partial charge on any atom is -0.481 e. The quantitative estimate of drug-likeness (QED) is 0.712. The second-order valence-electron chi connectivity index (χ2n) is 6.45. The van der Waals surface area contributed by atoms with E-state index in [1.54, 1.807) is 39.0 Å². The van der Waals surface area contributed by atoms with Gasteiger partial charge in [0, 0.05) is 16.5 Å². The van der Waals surface area contributed by atoms with Gasteiger partial charge in [0.05, 0.1) is 5.92 Å². The van der Waals surface area contributed by atoms with E-state index in [9.17, 15) is 14.7 Å². The fourth-order valence-corrected chi connectivity index (χ4v) is 2.64. The van der Waals surface area contributed by atoms with Gasteiger partial charge in [0.1, 0.15) is 5.60 Å². The van der Waals surface area contributed by atoms with Crippen LogP contribution in [0.15, 0.2) is 18.2 Å². The predicted octanol–water partition coefficient (Wildman–Crippen LogP) is 4.75. The topological polar surface area (TPSA) is 63.6 Å². The summed E-state index contributed by atoms with van der Waals surface area (Å²) in [4.78, 5) is 23.1. The summed E-state index contributed by atoms with van der Waals surface area (Å²) in [5.74, 6) is -1.82. The summed E-state index contributed by atoms with van der Waals surface area (Å²) in [7, 11) is 0. The smallest absolute Gasteiger partial charge is 0.306 e. The Bertz CT molecular complexity index is 564. The van der Waals surface area contributed by atoms with Crippen molar-refractivity contribution in [2.75, 3.05) is 0 Å². The van der Waals surface area contributed by atoms with E-state index in [-0.39, 0.29) is 12.4 Å². The molecule has 0 aliphatic carbocycles. The van der Waals surface area contributed by atoms with Gasteiger partial charge in [-0.15, -0.1) is 0 Å². The van der Waals surface area contributed by atoms with Crippen LogP contribution in [0.25, 0.3) is 0 Å². The number of carboxylic acids is 1. The molecule has 1 atom stereocenters. The first kappa shape index (κ1) is 19.8. The van der Waals surface area contributed by atoms with Crippen molar-refractivity contribution in [2.24, 2.45) is 5.92 Å². The van der Waals surface area contributed by atoms with Crippen molar-refractivity contribution in [2.45, 2.75) is 52.1 Å². The molecule has 6 heteroatoms. The van der Waals surface area contributed by atoms with Crippen molar-refractivity contribution < 1.29 is 19.4 Å². The molecule has 0 spiro atoms. The van der Waals surface area contributed by atoms with Crippen LogP contribution in [0, 0.1) is 5.92 Å². The number of halogens is 2. The van der Waals surface area contributed by atoms with E-state index in [0.717, 1.165) is 5.56 Å². The molecule has 23 heavy (non-hydrogen) atoms. The third-order valence-corrected chi connectivity index (χ3v) is 3.77. The molecule has 0 heterocycles. The molecule has 1 aromatic carbocycles. The lowest BCUT2D eigenvalue weighted by atomic mass is 9.94. The molecule has 1 aromatic rings. The number of carbonyl (C=O) groups is 2. The number of rotatable bonds is 7. The number of carbonyl (C=O) groups excluding carboxylic acids is 1. The molecule has 0 aromatic heterocycles. The lowest BCUT2D eigenvalue weighted by Gasteiger charge is -2.19. The zero-order valence-corrected chi connectivity index (χ0v) is 15.1. The van der Waals surface area contributed by atoms with E-state index >= 15 is 0 Å². The molecule has 0 fully saturated rings. The first-order valence-electron chi connectivity index (χ1n) is 7.47. The van der Waals surface area contributed by atoms with Crippen LogP contribution >= 0.6 is 23.2 Å². The van der Waals surface area contributed by atoms with Gasteiger partial charge in [-0.1, -0.05) is 29.3 Å². The Labute approximate surface area is 146 Å². The number of aliphatic carboxylic acids is 1. The summed E-state index contributed by atoms with van der Waals surface area (Å²) in [6.07, 6.45) is 1.35. The van der Waals surface area contributed by atoms with Crippen LogP contribution in [0.2, 0.25) is 10.0 Å². The summed E-state index contributed by atoms with van der Waals surface area (Å²) in [5.41, 5.74) is 0.209. The molecule has 0 amide bonds. The van der Waals surface area contributed by atoms with Crippen molar-refractivity contribution in [1.29, 1.82) is 0 Å². The largest absolute Gasteiger partial charge is 0.481 e. The summed E-state index contributed by atoms with van der Waals surface area (Å²) in [6, 6.07) is 5.01. The predicted molar refractivity (Wildman–Crippen MR) is 91.0 cm³/mol. The maximum atomic E-state index is 11.7. The highest BCUT2D eigenvalue weighted by atomic mass is 35.5. The molecule has 0 bridgehead atoms. The van der Waals surface area contributed by atoms with Crippen LogP contribution in [0.4, 0.5) is 0 Å². The molecule has 0 saturated carbocycles. The number of hydrogen-bond donors (Lipinski definition) is 1. The average molecular weight is 361 g/mol. The van der Waals surface area contributed by atoms with Crippen molar-refractivity contribution in [3.63, 3.8) is 0 Å². The van der Waals surface area contributed by atoms with Gasteiger partial charge in [0.2, 0.25) is 0 Å². The molecular formula is C17H22Cl2O4. The fraction of sp³-hybridized carbons (Fsp3) is 0.529. The minimum atomic E-state index is -0.903. The second kappa shape index (κ2) is 8.55. The van der Waals surface area contributed by atoms with Gasteiger partial charge in [-0.25, -0.2) is 0 Å². The van der Waals surface area contributed by atoms with Crippen molar-refractivity contribution >= 4 is 35.1 Å². The molecule has 1 rings (SSSR count). The summed E-state index contributed by atoms with van der Waals surface area (Å²) in [6.45, 7) is 5.40. The minimum absolute atomic E-state index is 0.204. The number of ether oxygens (including phenoxy) is 1. The Kier molecular flexibility index (Phi) is 7.36. The zero-order valence-electron chi connectivity index (χ0n) is 13.6. The summed E-state index contributed by atoms with van der Waals surface area (Å²) >= 11 is 11.9. The summed E-state index contributed by atoms with van der Waals surface area (Å²) in [5, 5.41) is 10.3. The molecular weight excluding hydrogens is 339 g/mol. The Morgan fingerprint density at radius 1 is 1.26 bits per heavy atom. The number of esters is 1. The first-order valence-corrected chi connectivity index (χ1v) is 8.22. The van der Waals surface area contributed by atoms with Gasteiger partial charge in [0.25, 0.3) is 0 Å². The Hall–Kier alpha value is -1.26. The summed E-state index contributed by atoms with van der Waals surface area (Å²) < 4.78 is 5.21. The number of carboxylic acid groups (broad SMARTS) is 1. The van der Waals surface area contributed by atoms with Crippen molar-refractivity contribution in [1.82, 2.24) is 0 Å². The van der Waals surface area contributed by atoms with Crippen LogP contribution in [0.5, 0.6) is 0 Å². The molecule has 0 radical (unpaired) electrons. The Balaban J connectivity index is 2.56. The maximum absolute atomic E-state index is 11.7. The van der Waals surface area contributed by atoms with Crippen molar-refractivity contribution in [3.8, 4) is 0 Å². The molecule has 1 unspecified atom stereocenters. The van der Waals surface area contributed by atoms with Crippen LogP contribution in [0.3, 0.4) is 0 Å². The third kappa shape index (κ3) is 7.71. The lowest BCUT2D eigenvalue weighted by Crippen LogP contribution is -2.24. The van der Waals surface area contributed by atoms with Gasteiger partial charge in [-0.2, -0.15) is 0 Å². The second-order valence-corrected chi connectivity index (χ2v) is 7.30. The third-order valence-electron chi connectivity index (χ3n) is 3.18. The van der Waals surface area contributed by atoms with E-state index in [2.05, 4.69) is 0 Å². The maximum Gasteiger partial charge on any atom is 0.306 e. The highest BCUT2D eigenvalue weighted by Crippen LogP contribution is 2.25. The van der Waals surface area contributed by atoms with Gasteiger partial charge in [0.15, 0.2) is 0 Å². The highest BCUT2D eigenvalue weighted by Gasteiger charge is 2.21. The Morgan fingerprint density at radius 3 is 2.43 bits per heavy atom. The van der Waals surface area contributed by atoms with Gasteiger partial charge >= 0.3 is 11.9 Å². The van der Waals surface area contributed by atoms with E-state index in [0.29, 0.717) is 29.3 Å². The molecule has 1 N–H and O–H groups in total. The first-order chi connectivity index (χ1) is 10.6. The lowest BCUT2D eigenvalue weighted by molar-refractivity contribution is -0.155. The van der Waals surface area contributed by atoms with Crippen LogP contribution in [-0.4, -0.2) is 22.6 Å². The molecule has 0 aliphatic rings. The highest BCUT2D eigenvalue weighted by molar-refractivity contribution is 6.35. The molecule has 0 saturated heterocycles. The standard InChI is InChI=1S/C17H22Cl2O4/c1-17(2,3)23-15(20)6-4-5-12(16(21)22)9-11-7-8-13(18)10-14(11)19/h7-8,10,12H,4-6,9H2,1-3H3,(H,21,22). The number of benzene rings is 1. The Morgan fingerprint density at radius 2 is 1.91 bits per heavy atom. The SMILES string of the molecule is CC(C)(C)OC(=O)CCCC(Cc1ccc(Cl)cc1Cl)C(=O)O. The van der Waals surface area contributed by atoms with E-state index < -0.39 is 17.5 Å². The van der Waals surface area contributed by atoms with Gasteiger partial charge in [-0.05, 0) is 57.7 Å².